The summed E-state index contributed by atoms with van der Waals surface area (Å²) >= 11 is 0. The van der Waals surface area contributed by atoms with Crippen LogP contribution in [0.25, 0.3) is 0 Å². The van der Waals surface area contributed by atoms with Crippen molar-refractivity contribution in [1.82, 2.24) is 0 Å². The smallest absolute Gasteiger partial charge is 0.165 e. The van der Waals surface area contributed by atoms with E-state index in [1.165, 1.54) is 0 Å². The van der Waals surface area contributed by atoms with Crippen LogP contribution in [0.3, 0.4) is 0 Å². The summed E-state index contributed by atoms with van der Waals surface area (Å²) < 4.78 is 11.0. The molecule has 1 atom stereocenters. The van der Waals surface area contributed by atoms with Crippen LogP contribution in [0.1, 0.15) is 18.1 Å². The van der Waals surface area contributed by atoms with Gasteiger partial charge in [-0.05, 0) is 19.4 Å². The lowest BCUT2D eigenvalue weighted by atomic mass is 10.0. The molecule has 1 aliphatic heterocycles. The van der Waals surface area contributed by atoms with Crippen LogP contribution < -0.4 is 4.74 Å². The summed E-state index contributed by atoms with van der Waals surface area (Å²) in [7, 11) is 0. The molecule has 0 aliphatic carbocycles. The van der Waals surface area contributed by atoms with Gasteiger partial charge in [-0.25, -0.2) is 0 Å². The lowest BCUT2D eigenvalue weighted by Crippen LogP contribution is -2.20. The van der Waals surface area contributed by atoms with Gasteiger partial charge in [0, 0.05) is 24.2 Å². The fourth-order valence-corrected chi connectivity index (χ4v) is 2.15. The first-order valence-electron chi connectivity index (χ1n) is 6.09. The second-order valence-electron chi connectivity index (χ2n) is 4.31. The molecule has 0 bridgehead atoms. The molecule has 2 rings (SSSR count). The Morgan fingerprint density at radius 3 is 3.00 bits per heavy atom. The third-order valence-corrected chi connectivity index (χ3v) is 3.00. The minimum Gasteiger partial charge on any atom is -0.508 e. The molecule has 0 amide bonds. The summed E-state index contributed by atoms with van der Waals surface area (Å²) in [6.45, 7) is 6.65. The molecule has 1 aliphatic rings. The average Bonchev–Trinajstić information content (AvgIpc) is 2.75. The standard InChI is InChI=1S/C14H18O4/c1-3-5-11-12(15)7-9-6-10(8-17-4-2)18-14(9)13(11)16/h3,7,10,15-16H,1,4-6,8H2,2H3. The highest BCUT2D eigenvalue weighted by atomic mass is 16.5. The summed E-state index contributed by atoms with van der Waals surface area (Å²) in [4.78, 5) is 0. The number of allylic oxidation sites excluding steroid dienone is 1. The Kier molecular flexibility index (Phi) is 3.77. The van der Waals surface area contributed by atoms with Crippen LogP contribution >= 0.6 is 0 Å². The van der Waals surface area contributed by atoms with Crippen LogP contribution in [-0.4, -0.2) is 29.5 Å². The maximum absolute atomic E-state index is 10.1. The van der Waals surface area contributed by atoms with Crippen molar-refractivity contribution in [3.63, 3.8) is 0 Å². The van der Waals surface area contributed by atoms with Gasteiger partial charge in [0.25, 0.3) is 0 Å². The van der Waals surface area contributed by atoms with Crippen molar-refractivity contribution in [3.05, 3.63) is 29.8 Å². The van der Waals surface area contributed by atoms with E-state index in [0.29, 0.717) is 37.4 Å². The van der Waals surface area contributed by atoms with E-state index in [9.17, 15) is 10.2 Å². The lowest BCUT2D eigenvalue weighted by molar-refractivity contribution is 0.0668. The van der Waals surface area contributed by atoms with Crippen LogP contribution in [-0.2, 0) is 17.6 Å². The highest BCUT2D eigenvalue weighted by molar-refractivity contribution is 5.59. The Bertz CT molecular complexity index is 454. The van der Waals surface area contributed by atoms with E-state index in [0.717, 1.165) is 5.56 Å². The van der Waals surface area contributed by atoms with E-state index in [2.05, 4.69) is 6.58 Å². The van der Waals surface area contributed by atoms with Crippen LogP contribution in [0.2, 0.25) is 0 Å². The minimum absolute atomic E-state index is 0.0175. The molecule has 1 aromatic rings. The molecule has 0 aromatic heterocycles. The van der Waals surface area contributed by atoms with Gasteiger partial charge >= 0.3 is 0 Å². The number of hydrogen-bond donors (Lipinski definition) is 2. The van der Waals surface area contributed by atoms with E-state index < -0.39 is 0 Å². The molecule has 0 saturated carbocycles. The van der Waals surface area contributed by atoms with E-state index in [1.54, 1.807) is 12.1 Å². The predicted octanol–water partition coefficient (Wildman–Crippen LogP) is 2.17. The molecule has 18 heavy (non-hydrogen) atoms. The Balaban J connectivity index is 2.24. The SMILES string of the molecule is C=CCc1c(O)cc2c(c1O)OC(COCC)C2. The van der Waals surface area contributed by atoms with Crippen molar-refractivity contribution in [2.45, 2.75) is 25.9 Å². The maximum atomic E-state index is 10.1. The maximum Gasteiger partial charge on any atom is 0.165 e. The summed E-state index contributed by atoms with van der Waals surface area (Å²) in [6.07, 6.45) is 2.59. The average molecular weight is 250 g/mol. The van der Waals surface area contributed by atoms with Crippen LogP contribution in [0, 0.1) is 0 Å². The van der Waals surface area contributed by atoms with Gasteiger partial charge in [0.2, 0.25) is 0 Å². The van der Waals surface area contributed by atoms with Crippen LogP contribution in [0.4, 0.5) is 0 Å². The zero-order valence-corrected chi connectivity index (χ0v) is 10.5. The molecule has 2 N–H and O–H groups in total. The third kappa shape index (κ3) is 2.29. The molecule has 0 spiro atoms. The first-order chi connectivity index (χ1) is 8.67. The monoisotopic (exact) mass is 250 g/mol. The second-order valence-corrected chi connectivity index (χ2v) is 4.31. The summed E-state index contributed by atoms with van der Waals surface area (Å²) in [5.74, 6) is 0.574. The normalized spacial score (nSPS) is 17.3. The molecule has 4 nitrogen and oxygen atoms in total. The van der Waals surface area contributed by atoms with Gasteiger partial charge < -0.3 is 19.7 Å². The zero-order chi connectivity index (χ0) is 13.1. The number of fused-ring (bicyclic) bond motifs is 1. The van der Waals surface area contributed by atoms with Crippen molar-refractivity contribution < 1.29 is 19.7 Å². The molecule has 98 valence electrons. The number of rotatable bonds is 5. The molecule has 0 fully saturated rings. The fraction of sp³-hybridized carbons (Fsp3) is 0.429. The topological polar surface area (TPSA) is 58.9 Å². The van der Waals surface area contributed by atoms with Gasteiger partial charge in [-0.3, -0.25) is 0 Å². The molecule has 1 unspecified atom stereocenters. The highest BCUT2D eigenvalue weighted by Crippen LogP contribution is 2.44. The van der Waals surface area contributed by atoms with Crippen molar-refractivity contribution in [3.8, 4) is 17.2 Å². The van der Waals surface area contributed by atoms with Gasteiger partial charge in [-0.15, -0.1) is 6.58 Å². The van der Waals surface area contributed by atoms with Gasteiger partial charge in [0.1, 0.15) is 11.9 Å². The van der Waals surface area contributed by atoms with Crippen molar-refractivity contribution in [2.24, 2.45) is 0 Å². The molecule has 4 heteroatoms. The molecule has 0 radical (unpaired) electrons. The predicted molar refractivity (Wildman–Crippen MR) is 68.3 cm³/mol. The number of phenolic OH excluding ortho intramolecular Hbond substituents is 2. The summed E-state index contributed by atoms with van der Waals surface area (Å²) in [5, 5.41) is 19.9. The fourth-order valence-electron chi connectivity index (χ4n) is 2.15. The van der Waals surface area contributed by atoms with Crippen LogP contribution in [0.5, 0.6) is 17.2 Å². The zero-order valence-electron chi connectivity index (χ0n) is 10.5. The summed E-state index contributed by atoms with van der Waals surface area (Å²) in [6, 6.07) is 1.65. The van der Waals surface area contributed by atoms with E-state index in [1.807, 2.05) is 6.92 Å². The van der Waals surface area contributed by atoms with Gasteiger partial charge in [-0.1, -0.05) is 6.08 Å². The quantitative estimate of drug-likeness (QED) is 0.786. The Morgan fingerprint density at radius 1 is 1.56 bits per heavy atom. The third-order valence-electron chi connectivity index (χ3n) is 3.00. The van der Waals surface area contributed by atoms with E-state index in [-0.39, 0.29) is 17.6 Å². The number of benzene rings is 1. The Hall–Kier alpha value is -1.68. The number of aromatic hydroxyl groups is 2. The highest BCUT2D eigenvalue weighted by Gasteiger charge is 2.28. The van der Waals surface area contributed by atoms with Crippen molar-refractivity contribution in [1.29, 1.82) is 0 Å². The number of phenols is 2. The summed E-state index contributed by atoms with van der Waals surface area (Å²) in [5.41, 5.74) is 1.28. The van der Waals surface area contributed by atoms with Crippen molar-refractivity contribution >= 4 is 0 Å². The van der Waals surface area contributed by atoms with E-state index in [4.69, 9.17) is 9.47 Å². The molecule has 0 saturated heterocycles. The van der Waals surface area contributed by atoms with Gasteiger partial charge in [-0.2, -0.15) is 0 Å². The number of hydrogen-bond acceptors (Lipinski definition) is 4. The largest absolute Gasteiger partial charge is 0.508 e. The first-order valence-corrected chi connectivity index (χ1v) is 6.09. The molecule has 1 aromatic carbocycles. The molecule has 1 heterocycles. The second kappa shape index (κ2) is 5.31. The van der Waals surface area contributed by atoms with Crippen LogP contribution in [0.15, 0.2) is 18.7 Å². The first kappa shape index (κ1) is 12.8. The number of ether oxygens (including phenoxy) is 2. The van der Waals surface area contributed by atoms with Gasteiger partial charge in [0.15, 0.2) is 11.5 Å². The Morgan fingerprint density at radius 2 is 2.33 bits per heavy atom. The van der Waals surface area contributed by atoms with Crippen molar-refractivity contribution in [2.75, 3.05) is 13.2 Å². The van der Waals surface area contributed by atoms with E-state index >= 15 is 0 Å². The molecular formula is C14H18O4. The lowest BCUT2D eigenvalue weighted by Gasteiger charge is -2.12. The van der Waals surface area contributed by atoms with Gasteiger partial charge in [0.05, 0.1) is 6.61 Å². The molecular weight excluding hydrogens is 232 g/mol. The minimum atomic E-state index is -0.0933. The Labute approximate surface area is 106 Å².